The van der Waals surface area contributed by atoms with Gasteiger partial charge in [0.25, 0.3) is 0 Å². The Morgan fingerprint density at radius 1 is 1.14 bits per heavy atom. The smallest absolute Gasteiger partial charge is 0.0998 e. The molecule has 0 amide bonds. The Morgan fingerprint density at radius 2 is 1.86 bits per heavy atom. The van der Waals surface area contributed by atoms with Crippen LogP contribution in [-0.2, 0) is 0 Å². The van der Waals surface area contributed by atoms with Gasteiger partial charge in [-0.05, 0) is 52.7 Å². The van der Waals surface area contributed by atoms with Crippen LogP contribution in [0.15, 0.2) is 61.7 Å². The maximum atomic E-state index is 9.22. The molecular weight excluding hydrogens is 254 g/mol. The van der Waals surface area contributed by atoms with Gasteiger partial charge in [0.1, 0.15) is 0 Å². The monoisotopic (exact) mass is 271 g/mol. The predicted octanol–water partition coefficient (Wildman–Crippen LogP) is 5.16. The number of rotatable bonds is 3. The fraction of sp³-hybridized carbons (Fsp3) is 0.150. The van der Waals surface area contributed by atoms with Gasteiger partial charge in [0.05, 0.1) is 11.6 Å². The second-order valence-corrected chi connectivity index (χ2v) is 5.56. The van der Waals surface area contributed by atoms with E-state index in [1.807, 2.05) is 24.3 Å². The van der Waals surface area contributed by atoms with Crippen LogP contribution in [0.4, 0.5) is 0 Å². The van der Waals surface area contributed by atoms with Gasteiger partial charge in [-0.3, -0.25) is 0 Å². The third-order valence-electron chi connectivity index (χ3n) is 4.20. The van der Waals surface area contributed by atoms with Crippen LogP contribution in [0.25, 0.3) is 11.1 Å². The highest BCUT2D eigenvalue weighted by molar-refractivity contribution is 5.75. The Balaban J connectivity index is 1.87. The summed E-state index contributed by atoms with van der Waals surface area (Å²) in [6, 6.07) is 18.4. The molecule has 0 fully saturated rings. The van der Waals surface area contributed by atoms with Crippen molar-refractivity contribution < 1.29 is 0 Å². The first-order valence-corrected chi connectivity index (χ1v) is 7.15. The lowest BCUT2D eigenvalue weighted by Crippen LogP contribution is -1.97. The van der Waals surface area contributed by atoms with E-state index in [2.05, 4.69) is 43.5 Å². The number of nitriles is 1. The summed E-state index contributed by atoms with van der Waals surface area (Å²) in [6.07, 6.45) is 1.85. The predicted molar refractivity (Wildman–Crippen MR) is 87.6 cm³/mol. The maximum Gasteiger partial charge on any atom is 0.0998 e. The quantitative estimate of drug-likeness (QED) is 0.756. The van der Waals surface area contributed by atoms with Crippen molar-refractivity contribution in [1.29, 1.82) is 5.26 Å². The largest absolute Gasteiger partial charge is 0.192 e. The van der Waals surface area contributed by atoms with Crippen molar-refractivity contribution in [3.05, 3.63) is 83.9 Å². The minimum atomic E-state index is 0.424. The molecule has 0 spiro atoms. The summed E-state index contributed by atoms with van der Waals surface area (Å²) in [5.74, 6) is 0.424. The molecular formula is C20H17N. The van der Waals surface area contributed by atoms with Crippen LogP contribution in [-0.4, -0.2) is 0 Å². The lowest BCUT2D eigenvalue weighted by Gasteiger charge is -2.14. The van der Waals surface area contributed by atoms with Gasteiger partial charge in [0.2, 0.25) is 0 Å². The van der Waals surface area contributed by atoms with Crippen LogP contribution in [0.5, 0.6) is 0 Å². The minimum absolute atomic E-state index is 0.424. The third-order valence-corrected chi connectivity index (χ3v) is 4.20. The first-order valence-electron chi connectivity index (χ1n) is 7.15. The molecule has 0 saturated carbocycles. The van der Waals surface area contributed by atoms with E-state index >= 15 is 0 Å². The summed E-state index contributed by atoms with van der Waals surface area (Å²) in [6.45, 7) is 8.39. The molecule has 1 heteroatoms. The van der Waals surface area contributed by atoms with Crippen LogP contribution in [0.2, 0.25) is 0 Å². The summed E-state index contributed by atoms with van der Waals surface area (Å²) < 4.78 is 0. The van der Waals surface area contributed by atoms with Crippen LogP contribution < -0.4 is 0 Å². The van der Waals surface area contributed by atoms with Crippen molar-refractivity contribution in [3.63, 3.8) is 0 Å². The van der Waals surface area contributed by atoms with Crippen molar-refractivity contribution in [2.24, 2.45) is 0 Å². The van der Waals surface area contributed by atoms with Gasteiger partial charge in [0.15, 0.2) is 0 Å². The Labute approximate surface area is 125 Å². The number of hydrogen-bond donors (Lipinski definition) is 0. The van der Waals surface area contributed by atoms with Crippen LogP contribution >= 0.6 is 0 Å². The van der Waals surface area contributed by atoms with E-state index in [4.69, 9.17) is 0 Å². The molecule has 2 aromatic rings. The molecule has 0 bridgehead atoms. The van der Waals surface area contributed by atoms with Crippen LogP contribution in [0, 0.1) is 11.3 Å². The van der Waals surface area contributed by atoms with E-state index in [-0.39, 0.29) is 0 Å². The maximum absolute atomic E-state index is 9.22. The molecule has 1 aliphatic rings. The molecule has 0 heterocycles. The topological polar surface area (TPSA) is 23.8 Å². The minimum Gasteiger partial charge on any atom is -0.192 e. The molecule has 21 heavy (non-hydrogen) atoms. The molecule has 102 valence electrons. The van der Waals surface area contributed by atoms with E-state index in [0.717, 1.165) is 24.0 Å². The molecule has 3 rings (SSSR count). The average molecular weight is 271 g/mol. The third kappa shape index (κ3) is 2.41. The van der Waals surface area contributed by atoms with Gasteiger partial charge in [-0.15, -0.1) is 0 Å². The van der Waals surface area contributed by atoms with Gasteiger partial charge in [0, 0.05) is 0 Å². The van der Waals surface area contributed by atoms with E-state index in [9.17, 15) is 5.26 Å². The molecule has 0 radical (unpaired) electrons. The molecule has 0 aromatic heterocycles. The zero-order valence-corrected chi connectivity index (χ0v) is 12.0. The number of benzene rings is 2. The molecule has 1 nitrogen and oxygen atoms in total. The highest BCUT2D eigenvalue weighted by Gasteiger charge is 2.25. The van der Waals surface area contributed by atoms with Crippen LogP contribution in [0.3, 0.4) is 0 Å². The second kappa shape index (κ2) is 5.42. The number of nitrogens with zero attached hydrogens (tertiary/aromatic N) is 1. The van der Waals surface area contributed by atoms with Crippen LogP contribution in [0.1, 0.15) is 41.0 Å². The molecule has 0 aliphatic heterocycles. The summed E-state index contributed by atoms with van der Waals surface area (Å²) in [5.41, 5.74) is 6.54. The summed E-state index contributed by atoms with van der Waals surface area (Å²) in [5, 5.41) is 9.22. The summed E-state index contributed by atoms with van der Waals surface area (Å²) >= 11 is 0. The molecule has 1 atom stereocenters. The van der Waals surface area contributed by atoms with E-state index in [1.165, 1.54) is 16.7 Å². The summed E-state index contributed by atoms with van der Waals surface area (Å²) in [7, 11) is 0. The molecule has 2 aromatic carbocycles. The Hall–Kier alpha value is -2.59. The SMILES string of the molecule is C=C(CC1CC(=C)c2ccccc21)c1ccccc1C#N. The Morgan fingerprint density at radius 3 is 2.67 bits per heavy atom. The van der Waals surface area contributed by atoms with Crippen molar-refractivity contribution in [2.45, 2.75) is 18.8 Å². The first kappa shape index (κ1) is 13.4. The van der Waals surface area contributed by atoms with Crippen molar-refractivity contribution >= 4 is 11.1 Å². The van der Waals surface area contributed by atoms with Crippen molar-refractivity contribution in [1.82, 2.24) is 0 Å². The molecule has 0 saturated heterocycles. The second-order valence-electron chi connectivity index (χ2n) is 5.56. The zero-order chi connectivity index (χ0) is 14.8. The fourth-order valence-corrected chi connectivity index (χ4v) is 3.17. The lowest BCUT2D eigenvalue weighted by molar-refractivity contribution is 0.760. The number of hydrogen-bond acceptors (Lipinski definition) is 1. The molecule has 1 unspecified atom stereocenters. The summed E-state index contributed by atoms with van der Waals surface area (Å²) in [4.78, 5) is 0. The highest BCUT2D eigenvalue weighted by Crippen LogP contribution is 2.44. The Bertz CT molecular complexity index is 761. The number of allylic oxidation sites excluding steroid dienone is 2. The fourth-order valence-electron chi connectivity index (χ4n) is 3.17. The van der Waals surface area contributed by atoms with Gasteiger partial charge in [-0.25, -0.2) is 0 Å². The first-order chi connectivity index (χ1) is 10.2. The van der Waals surface area contributed by atoms with Gasteiger partial charge in [-0.2, -0.15) is 5.26 Å². The standard InChI is InChI=1S/C20H17N/c1-14(18-8-4-3-7-16(18)13-21)11-17-12-15(2)19-9-5-6-10-20(17)19/h3-10,17H,1-2,11-12H2. The zero-order valence-electron chi connectivity index (χ0n) is 12.0. The molecule has 0 N–H and O–H groups in total. The van der Waals surface area contributed by atoms with Gasteiger partial charge in [-0.1, -0.05) is 55.6 Å². The highest BCUT2D eigenvalue weighted by atomic mass is 14.3. The van der Waals surface area contributed by atoms with E-state index in [1.54, 1.807) is 0 Å². The van der Waals surface area contributed by atoms with Crippen molar-refractivity contribution in [3.8, 4) is 6.07 Å². The lowest BCUT2D eigenvalue weighted by atomic mass is 9.89. The molecule has 1 aliphatic carbocycles. The van der Waals surface area contributed by atoms with E-state index in [0.29, 0.717) is 11.5 Å². The van der Waals surface area contributed by atoms with Crippen molar-refractivity contribution in [2.75, 3.05) is 0 Å². The van der Waals surface area contributed by atoms with Gasteiger partial charge >= 0.3 is 0 Å². The van der Waals surface area contributed by atoms with E-state index < -0.39 is 0 Å². The average Bonchev–Trinajstić information content (AvgIpc) is 2.84. The Kier molecular flexibility index (Phi) is 3.46. The normalized spacial score (nSPS) is 16.3. The van der Waals surface area contributed by atoms with Gasteiger partial charge < -0.3 is 0 Å². The number of fused-ring (bicyclic) bond motifs is 1.